The topological polar surface area (TPSA) is 61.4 Å². The van der Waals surface area contributed by atoms with Gasteiger partial charge in [-0.2, -0.15) is 0 Å². The fraction of sp³-hybridized carbons (Fsp3) is 0.167. The summed E-state index contributed by atoms with van der Waals surface area (Å²) in [5.41, 5.74) is 0.586. The van der Waals surface area contributed by atoms with Crippen LogP contribution in [-0.2, 0) is 13.2 Å². The van der Waals surface area contributed by atoms with Gasteiger partial charge in [-0.05, 0) is 37.3 Å². The molecule has 0 spiro atoms. The molecule has 0 amide bonds. The van der Waals surface area contributed by atoms with Crippen molar-refractivity contribution < 1.29 is 9.13 Å². The smallest absolute Gasteiger partial charge is 0.262 e. The molecule has 0 aliphatic rings. The van der Waals surface area contributed by atoms with Crippen molar-refractivity contribution in [2.45, 2.75) is 20.1 Å². The molecule has 0 bridgehead atoms. The Kier molecular flexibility index (Phi) is 4.08. The van der Waals surface area contributed by atoms with Gasteiger partial charge in [-0.25, -0.2) is 4.39 Å². The van der Waals surface area contributed by atoms with Gasteiger partial charge in [0.1, 0.15) is 18.2 Å². The van der Waals surface area contributed by atoms with Gasteiger partial charge in [0.15, 0.2) is 5.82 Å². The van der Waals surface area contributed by atoms with Crippen molar-refractivity contribution in [3.8, 4) is 5.75 Å². The van der Waals surface area contributed by atoms with Gasteiger partial charge in [-0.3, -0.25) is 13.8 Å². The van der Waals surface area contributed by atoms with Gasteiger partial charge in [-0.15, -0.1) is 10.2 Å². The van der Waals surface area contributed by atoms with Crippen molar-refractivity contribution in [3.05, 3.63) is 69.5 Å². The molecule has 0 radical (unpaired) electrons. The van der Waals surface area contributed by atoms with Crippen molar-refractivity contribution in [3.63, 3.8) is 0 Å². The first-order chi connectivity index (χ1) is 12.6. The molecule has 0 saturated heterocycles. The molecule has 0 atom stereocenters. The predicted molar refractivity (Wildman–Crippen MR) is 96.2 cm³/mol. The van der Waals surface area contributed by atoms with Crippen LogP contribution < -0.4 is 10.3 Å². The summed E-state index contributed by atoms with van der Waals surface area (Å²) in [7, 11) is 0. The highest BCUT2D eigenvalue weighted by molar-refractivity contribution is 6.32. The Balaban J connectivity index is 1.84. The van der Waals surface area contributed by atoms with Gasteiger partial charge in [0.2, 0.25) is 5.78 Å². The van der Waals surface area contributed by atoms with Crippen molar-refractivity contribution >= 4 is 28.3 Å². The molecule has 0 aliphatic carbocycles. The van der Waals surface area contributed by atoms with E-state index in [1.807, 2.05) is 25.1 Å². The number of halogens is 2. The number of rotatable bonds is 4. The van der Waals surface area contributed by atoms with E-state index in [9.17, 15) is 9.18 Å². The summed E-state index contributed by atoms with van der Waals surface area (Å²) in [5.74, 6) is 0.866. The van der Waals surface area contributed by atoms with Crippen molar-refractivity contribution in [1.29, 1.82) is 0 Å². The van der Waals surface area contributed by atoms with E-state index < -0.39 is 5.82 Å². The molecular formula is C18H14ClFN4O2. The fourth-order valence-corrected chi connectivity index (χ4v) is 3.15. The van der Waals surface area contributed by atoms with E-state index in [1.165, 1.54) is 18.2 Å². The van der Waals surface area contributed by atoms with E-state index in [2.05, 4.69) is 10.2 Å². The number of aromatic nitrogens is 4. The molecule has 4 aromatic rings. The van der Waals surface area contributed by atoms with Crippen LogP contribution in [0.25, 0.3) is 16.7 Å². The third kappa shape index (κ3) is 2.61. The van der Waals surface area contributed by atoms with Gasteiger partial charge >= 0.3 is 0 Å². The zero-order valence-corrected chi connectivity index (χ0v) is 14.6. The Labute approximate surface area is 152 Å². The highest BCUT2D eigenvalue weighted by Crippen LogP contribution is 2.26. The van der Waals surface area contributed by atoms with E-state index in [0.717, 1.165) is 0 Å². The van der Waals surface area contributed by atoms with Crippen LogP contribution in [0.1, 0.15) is 12.7 Å². The maximum absolute atomic E-state index is 13.2. The van der Waals surface area contributed by atoms with Crippen LogP contribution in [0.2, 0.25) is 5.02 Å². The van der Waals surface area contributed by atoms with Crippen molar-refractivity contribution in [2.75, 3.05) is 0 Å². The Morgan fingerprint density at radius 3 is 2.77 bits per heavy atom. The minimum absolute atomic E-state index is 0.0679. The lowest BCUT2D eigenvalue weighted by Crippen LogP contribution is -2.22. The van der Waals surface area contributed by atoms with Crippen LogP contribution in [0.4, 0.5) is 4.39 Å². The minimum atomic E-state index is -0.437. The highest BCUT2D eigenvalue weighted by Gasteiger charge is 2.16. The molecular weight excluding hydrogens is 359 g/mol. The average Bonchev–Trinajstić information content (AvgIpc) is 3.05. The summed E-state index contributed by atoms with van der Waals surface area (Å²) < 4.78 is 22.2. The van der Waals surface area contributed by atoms with Crippen molar-refractivity contribution in [1.82, 2.24) is 19.2 Å². The number of nitrogens with zero attached hydrogens (tertiary/aromatic N) is 4. The third-order valence-electron chi connectivity index (χ3n) is 4.14. The third-order valence-corrected chi connectivity index (χ3v) is 4.44. The Morgan fingerprint density at radius 2 is 2.00 bits per heavy atom. The van der Waals surface area contributed by atoms with Crippen LogP contribution in [0.15, 0.2) is 47.3 Å². The lowest BCUT2D eigenvalue weighted by Gasteiger charge is -2.10. The molecule has 0 fully saturated rings. The summed E-state index contributed by atoms with van der Waals surface area (Å²) in [6, 6.07) is 11.2. The minimum Gasteiger partial charge on any atom is -0.484 e. The average molecular weight is 373 g/mol. The van der Waals surface area contributed by atoms with E-state index in [4.69, 9.17) is 16.3 Å². The Bertz CT molecular complexity index is 1190. The molecule has 4 rings (SSSR count). The molecule has 2 aromatic carbocycles. The highest BCUT2D eigenvalue weighted by atomic mass is 35.5. The van der Waals surface area contributed by atoms with Crippen LogP contribution in [0, 0.1) is 5.82 Å². The van der Waals surface area contributed by atoms with E-state index in [-0.39, 0.29) is 17.2 Å². The maximum Gasteiger partial charge on any atom is 0.262 e. The molecule has 0 unspecified atom stereocenters. The number of para-hydroxylation sites is 1. The second kappa shape index (κ2) is 6.42. The lowest BCUT2D eigenvalue weighted by molar-refractivity contribution is 0.294. The Hall–Kier alpha value is -2.93. The zero-order chi connectivity index (χ0) is 18.3. The number of hydrogen-bond donors (Lipinski definition) is 0. The summed E-state index contributed by atoms with van der Waals surface area (Å²) in [6.07, 6.45) is 0. The van der Waals surface area contributed by atoms with Crippen LogP contribution in [0.5, 0.6) is 5.75 Å². The first-order valence-electron chi connectivity index (χ1n) is 8.03. The molecule has 2 heterocycles. The van der Waals surface area contributed by atoms with Crippen LogP contribution in [-0.4, -0.2) is 19.2 Å². The molecule has 0 N–H and O–H groups in total. The standard InChI is InChI=1S/C18H14ClFN4O2/c1-2-23-17(25)12-5-3-4-6-14(12)24-16(21-22-18(23)24)10-26-15-8-7-11(20)9-13(15)19/h3-9H,2,10H2,1H3. The molecule has 0 saturated carbocycles. The predicted octanol–water partition coefficient (Wildman–Crippen LogP) is 3.44. The van der Waals surface area contributed by atoms with Crippen molar-refractivity contribution in [2.24, 2.45) is 0 Å². The summed E-state index contributed by atoms with van der Waals surface area (Å²) in [6.45, 7) is 2.41. The largest absolute Gasteiger partial charge is 0.484 e. The molecule has 6 nitrogen and oxygen atoms in total. The van der Waals surface area contributed by atoms with Gasteiger partial charge in [0.25, 0.3) is 5.56 Å². The zero-order valence-electron chi connectivity index (χ0n) is 13.8. The number of hydrogen-bond acceptors (Lipinski definition) is 4. The first-order valence-corrected chi connectivity index (χ1v) is 8.41. The second-order valence-electron chi connectivity index (χ2n) is 5.68. The maximum atomic E-state index is 13.2. The van der Waals surface area contributed by atoms with E-state index >= 15 is 0 Å². The number of aryl methyl sites for hydroxylation is 1. The van der Waals surface area contributed by atoms with Gasteiger partial charge < -0.3 is 4.74 Å². The fourth-order valence-electron chi connectivity index (χ4n) is 2.93. The van der Waals surface area contributed by atoms with Gasteiger partial charge in [-0.1, -0.05) is 23.7 Å². The molecule has 0 aliphatic heterocycles. The molecule has 2 aromatic heterocycles. The quantitative estimate of drug-likeness (QED) is 0.550. The van der Waals surface area contributed by atoms with Gasteiger partial charge in [0, 0.05) is 6.54 Å². The van der Waals surface area contributed by atoms with E-state index in [1.54, 1.807) is 15.0 Å². The van der Waals surface area contributed by atoms with Crippen LogP contribution in [0.3, 0.4) is 0 Å². The number of fused-ring (bicyclic) bond motifs is 3. The summed E-state index contributed by atoms with van der Waals surface area (Å²) >= 11 is 6.00. The molecule has 8 heteroatoms. The van der Waals surface area contributed by atoms with Gasteiger partial charge in [0.05, 0.1) is 15.9 Å². The van der Waals surface area contributed by atoms with Crippen LogP contribution >= 0.6 is 11.6 Å². The molecule has 132 valence electrons. The first kappa shape index (κ1) is 16.5. The number of ether oxygens (including phenoxy) is 1. The van der Waals surface area contributed by atoms with E-state index in [0.29, 0.717) is 34.8 Å². The summed E-state index contributed by atoms with van der Waals surface area (Å²) in [5, 5.41) is 9.07. The normalized spacial score (nSPS) is 11.3. The molecule has 26 heavy (non-hydrogen) atoms. The SMILES string of the molecule is CCn1c(=O)c2ccccc2n2c(COc3ccc(F)cc3Cl)nnc12. The summed E-state index contributed by atoms with van der Waals surface area (Å²) in [4.78, 5) is 12.6. The second-order valence-corrected chi connectivity index (χ2v) is 6.09. The lowest BCUT2D eigenvalue weighted by atomic mass is 10.2. The monoisotopic (exact) mass is 372 g/mol. The number of benzene rings is 2. The Morgan fingerprint density at radius 1 is 1.19 bits per heavy atom.